The highest BCUT2D eigenvalue weighted by Crippen LogP contribution is 2.18. The van der Waals surface area contributed by atoms with Crippen molar-refractivity contribution in [3.05, 3.63) is 29.3 Å². The van der Waals surface area contributed by atoms with Crippen molar-refractivity contribution in [2.24, 2.45) is 0 Å². The first-order valence-corrected chi connectivity index (χ1v) is 6.83. The standard InChI is InChI=1S/C15H23NO3.ClH/c1-12-3-4-15(13(2)9-12)19-11-14(17)10-16-5-7-18-8-6-16;/h3-4,9,14,17H,5-8,10-11H2,1-2H3;1H/p-1. The van der Waals surface area contributed by atoms with E-state index in [0.29, 0.717) is 13.2 Å². The van der Waals surface area contributed by atoms with Gasteiger partial charge in [-0.1, -0.05) is 17.7 Å². The van der Waals surface area contributed by atoms with E-state index in [1.807, 2.05) is 19.1 Å². The number of rotatable bonds is 5. The molecule has 0 spiro atoms. The summed E-state index contributed by atoms with van der Waals surface area (Å²) in [7, 11) is 0. The highest BCUT2D eigenvalue weighted by atomic mass is 35.5. The summed E-state index contributed by atoms with van der Waals surface area (Å²) in [5.41, 5.74) is 2.33. The van der Waals surface area contributed by atoms with E-state index in [1.54, 1.807) is 0 Å². The lowest BCUT2D eigenvalue weighted by Gasteiger charge is -2.28. The molecule has 0 radical (unpaired) electrons. The smallest absolute Gasteiger partial charge is 0.122 e. The molecule has 1 N–H and O–H groups in total. The molecule has 1 aliphatic heterocycles. The highest BCUT2D eigenvalue weighted by molar-refractivity contribution is 5.35. The molecule has 1 aliphatic rings. The molecule has 1 unspecified atom stereocenters. The number of aliphatic hydroxyl groups excluding tert-OH is 1. The number of hydrogen-bond donors (Lipinski definition) is 1. The normalized spacial score (nSPS) is 17.4. The van der Waals surface area contributed by atoms with Crippen LogP contribution in [0.4, 0.5) is 0 Å². The summed E-state index contributed by atoms with van der Waals surface area (Å²) in [6, 6.07) is 6.08. The van der Waals surface area contributed by atoms with Crippen LogP contribution in [0.15, 0.2) is 18.2 Å². The average molecular weight is 301 g/mol. The second-order valence-corrected chi connectivity index (χ2v) is 5.15. The summed E-state index contributed by atoms with van der Waals surface area (Å²) in [6.07, 6.45) is -0.459. The SMILES string of the molecule is Cc1ccc(OCC(O)CN2CCOCC2)c(C)c1.[Cl-]. The summed E-state index contributed by atoms with van der Waals surface area (Å²) in [5.74, 6) is 0.853. The number of hydrogen-bond acceptors (Lipinski definition) is 4. The third-order valence-electron chi connectivity index (χ3n) is 3.33. The Morgan fingerprint density at radius 3 is 2.65 bits per heavy atom. The largest absolute Gasteiger partial charge is 1.00 e. The molecule has 114 valence electrons. The van der Waals surface area contributed by atoms with Gasteiger partial charge in [-0.3, -0.25) is 4.90 Å². The van der Waals surface area contributed by atoms with Crippen LogP contribution < -0.4 is 17.1 Å². The van der Waals surface area contributed by atoms with Crippen molar-refractivity contribution in [1.82, 2.24) is 4.90 Å². The zero-order chi connectivity index (χ0) is 13.7. The van der Waals surface area contributed by atoms with E-state index in [4.69, 9.17) is 9.47 Å². The average Bonchev–Trinajstić information content (AvgIpc) is 2.39. The molecule has 20 heavy (non-hydrogen) atoms. The van der Waals surface area contributed by atoms with Crippen LogP contribution in [0, 0.1) is 13.8 Å². The predicted octanol–water partition coefficient (Wildman–Crippen LogP) is -1.62. The number of ether oxygens (including phenoxy) is 2. The van der Waals surface area contributed by atoms with Crippen LogP contribution in [-0.4, -0.2) is 55.6 Å². The van der Waals surface area contributed by atoms with Crippen molar-refractivity contribution < 1.29 is 27.0 Å². The monoisotopic (exact) mass is 300 g/mol. The van der Waals surface area contributed by atoms with Gasteiger partial charge in [0.2, 0.25) is 0 Å². The highest BCUT2D eigenvalue weighted by Gasteiger charge is 2.15. The number of morpholine rings is 1. The summed E-state index contributed by atoms with van der Waals surface area (Å²) in [6.45, 7) is 8.35. The van der Waals surface area contributed by atoms with Gasteiger partial charge < -0.3 is 27.0 Å². The molecular formula is C15H23ClNO3-. The molecule has 0 aliphatic carbocycles. The Morgan fingerprint density at radius 2 is 2.00 bits per heavy atom. The van der Waals surface area contributed by atoms with E-state index in [1.165, 1.54) is 5.56 Å². The van der Waals surface area contributed by atoms with Crippen molar-refractivity contribution in [1.29, 1.82) is 0 Å². The number of aliphatic hydroxyl groups is 1. The van der Waals surface area contributed by atoms with Gasteiger partial charge >= 0.3 is 0 Å². The van der Waals surface area contributed by atoms with Crippen LogP contribution in [0.25, 0.3) is 0 Å². The van der Waals surface area contributed by atoms with Gasteiger partial charge in [0, 0.05) is 19.6 Å². The van der Waals surface area contributed by atoms with Gasteiger partial charge in [0.1, 0.15) is 18.5 Å². The van der Waals surface area contributed by atoms with Crippen LogP contribution in [-0.2, 0) is 4.74 Å². The molecule has 1 atom stereocenters. The molecule has 4 nitrogen and oxygen atoms in total. The maximum atomic E-state index is 10.0. The molecule has 1 aromatic rings. The minimum Gasteiger partial charge on any atom is -1.00 e. The molecule has 1 heterocycles. The fourth-order valence-electron chi connectivity index (χ4n) is 2.28. The lowest BCUT2D eigenvalue weighted by molar-refractivity contribution is -0.0000347. The molecule has 1 fully saturated rings. The van der Waals surface area contributed by atoms with Gasteiger partial charge in [0.25, 0.3) is 0 Å². The van der Waals surface area contributed by atoms with Gasteiger partial charge in [-0.15, -0.1) is 0 Å². The van der Waals surface area contributed by atoms with Crippen LogP contribution in [0.2, 0.25) is 0 Å². The Labute approximate surface area is 127 Å². The molecule has 0 aromatic heterocycles. The fourth-order valence-corrected chi connectivity index (χ4v) is 2.28. The van der Waals surface area contributed by atoms with E-state index in [0.717, 1.165) is 37.6 Å². The Balaban J connectivity index is 0.00000200. The van der Waals surface area contributed by atoms with Gasteiger partial charge in [0.15, 0.2) is 0 Å². The fraction of sp³-hybridized carbons (Fsp3) is 0.600. The van der Waals surface area contributed by atoms with Crippen molar-refractivity contribution in [2.45, 2.75) is 20.0 Å². The molecule has 1 saturated heterocycles. The molecule has 5 heteroatoms. The Morgan fingerprint density at radius 1 is 1.30 bits per heavy atom. The lowest BCUT2D eigenvalue weighted by atomic mass is 10.1. The van der Waals surface area contributed by atoms with E-state index < -0.39 is 6.10 Å². The minimum atomic E-state index is -0.459. The number of β-amino-alcohol motifs (C(OH)–C–C–N with tert-alkyl or cyclic N) is 1. The van der Waals surface area contributed by atoms with Crippen molar-refractivity contribution >= 4 is 0 Å². The van der Waals surface area contributed by atoms with Crippen LogP contribution in [0.3, 0.4) is 0 Å². The third kappa shape index (κ3) is 5.29. The maximum absolute atomic E-state index is 10.0. The first-order chi connectivity index (χ1) is 9.15. The van der Waals surface area contributed by atoms with Crippen LogP contribution in [0.5, 0.6) is 5.75 Å². The van der Waals surface area contributed by atoms with E-state index >= 15 is 0 Å². The Kier molecular flexibility index (Phi) is 7.30. The molecule has 0 amide bonds. The summed E-state index contributed by atoms with van der Waals surface area (Å²) in [4.78, 5) is 2.21. The van der Waals surface area contributed by atoms with Gasteiger partial charge in [-0.05, 0) is 25.5 Å². The number of aryl methyl sites for hydroxylation is 2. The van der Waals surface area contributed by atoms with Gasteiger partial charge in [-0.25, -0.2) is 0 Å². The number of benzene rings is 1. The number of halogens is 1. The van der Waals surface area contributed by atoms with Gasteiger partial charge in [-0.2, -0.15) is 0 Å². The first-order valence-electron chi connectivity index (χ1n) is 6.83. The lowest BCUT2D eigenvalue weighted by Crippen LogP contribution is -3.00. The maximum Gasteiger partial charge on any atom is 0.122 e. The summed E-state index contributed by atoms with van der Waals surface area (Å²) >= 11 is 0. The second-order valence-electron chi connectivity index (χ2n) is 5.15. The zero-order valence-electron chi connectivity index (χ0n) is 12.1. The second kappa shape index (κ2) is 8.47. The van der Waals surface area contributed by atoms with Gasteiger partial charge in [0.05, 0.1) is 13.2 Å². The zero-order valence-corrected chi connectivity index (χ0v) is 12.9. The molecule has 2 rings (SSSR count). The van der Waals surface area contributed by atoms with Crippen molar-refractivity contribution in [3.8, 4) is 5.75 Å². The minimum absolute atomic E-state index is 0. The van der Waals surface area contributed by atoms with E-state index in [9.17, 15) is 5.11 Å². The Bertz CT molecular complexity index is 408. The van der Waals surface area contributed by atoms with Crippen LogP contribution >= 0.6 is 0 Å². The molecule has 1 aromatic carbocycles. The van der Waals surface area contributed by atoms with Crippen LogP contribution in [0.1, 0.15) is 11.1 Å². The van der Waals surface area contributed by atoms with Crippen molar-refractivity contribution in [2.75, 3.05) is 39.5 Å². The van der Waals surface area contributed by atoms with E-state index in [2.05, 4.69) is 17.9 Å². The third-order valence-corrected chi connectivity index (χ3v) is 3.33. The summed E-state index contributed by atoms with van der Waals surface area (Å²) in [5, 5.41) is 10.0. The predicted molar refractivity (Wildman–Crippen MR) is 74.7 cm³/mol. The summed E-state index contributed by atoms with van der Waals surface area (Å²) < 4.78 is 11.0. The molecule has 0 bridgehead atoms. The molecular weight excluding hydrogens is 278 g/mol. The quantitative estimate of drug-likeness (QED) is 0.710. The van der Waals surface area contributed by atoms with E-state index in [-0.39, 0.29) is 12.4 Å². The number of nitrogens with zero attached hydrogens (tertiary/aromatic N) is 1. The first kappa shape index (κ1) is 17.2. The van der Waals surface area contributed by atoms with Crippen molar-refractivity contribution in [3.63, 3.8) is 0 Å². The Hall–Kier alpha value is -0.810. The topological polar surface area (TPSA) is 41.9 Å². The molecule has 0 saturated carbocycles.